The molecule has 2 heterocycles. The van der Waals surface area contributed by atoms with Crippen LogP contribution in [0.1, 0.15) is 15.9 Å². The Kier molecular flexibility index (Phi) is 4.52. The van der Waals surface area contributed by atoms with E-state index in [1.54, 1.807) is 54.7 Å². The molecule has 150 valence electrons. The van der Waals surface area contributed by atoms with Crippen LogP contribution in [0.25, 0.3) is 10.1 Å². The Labute approximate surface area is 178 Å². The number of benzene rings is 3. The smallest absolute Gasteiger partial charge is 0.264 e. The molecule has 0 spiro atoms. The molecule has 1 aliphatic rings. The van der Waals surface area contributed by atoms with Gasteiger partial charge in [-0.3, -0.25) is 9.10 Å². The summed E-state index contributed by atoms with van der Waals surface area (Å²) in [5.74, 6) is -0.232. The SMILES string of the molecule is O=C(Nc1ccc2sncc2c1)c1ccc2c(c1)CCN2S(=O)(=O)c1ccccc1. The molecule has 0 saturated carbocycles. The van der Waals surface area contributed by atoms with E-state index in [9.17, 15) is 13.2 Å². The van der Waals surface area contributed by atoms with Crippen LogP contribution in [-0.4, -0.2) is 25.2 Å². The fraction of sp³-hybridized carbons (Fsp3) is 0.0909. The normalized spacial score (nSPS) is 13.4. The Balaban J connectivity index is 1.40. The summed E-state index contributed by atoms with van der Waals surface area (Å²) in [6, 6.07) is 19.2. The topological polar surface area (TPSA) is 79.4 Å². The molecule has 0 unspecified atom stereocenters. The summed E-state index contributed by atoms with van der Waals surface area (Å²) in [4.78, 5) is 13.0. The number of rotatable bonds is 4. The molecule has 0 saturated heterocycles. The van der Waals surface area contributed by atoms with Crippen molar-refractivity contribution in [2.45, 2.75) is 11.3 Å². The largest absolute Gasteiger partial charge is 0.322 e. The van der Waals surface area contributed by atoms with Gasteiger partial charge in [0.2, 0.25) is 0 Å². The highest BCUT2D eigenvalue weighted by atomic mass is 32.2. The van der Waals surface area contributed by atoms with E-state index in [1.165, 1.54) is 15.8 Å². The van der Waals surface area contributed by atoms with Gasteiger partial charge < -0.3 is 5.32 Å². The minimum absolute atomic E-state index is 0.232. The summed E-state index contributed by atoms with van der Waals surface area (Å²) in [6.45, 7) is 0.361. The van der Waals surface area contributed by atoms with Gasteiger partial charge in [0.05, 0.1) is 15.3 Å². The lowest BCUT2D eigenvalue weighted by Gasteiger charge is -2.19. The number of carbonyl (C=O) groups is 1. The average Bonchev–Trinajstić information content (AvgIpc) is 3.40. The van der Waals surface area contributed by atoms with Gasteiger partial charge in [-0.25, -0.2) is 8.42 Å². The van der Waals surface area contributed by atoms with E-state index in [0.717, 1.165) is 15.6 Å². The molecule has 5 rings (SSSR count). The van der Waals surface area contributed by atoms with Gasteiger partial charge in [-0.15, -0.1) is 0 Å². The van der Waals surface area contributed by atoms with E-state index in [-0.39, 0.29) is 10.8 Å². The van der Waals surface area contributed by atoms with Crippen molar-refractivity contribution in [3.8, 4) is 0 Å². The highest BCUT2D eigenvalue weighted by Gasteiger charge is 2.31. The average molecular weight is 436 g/mol. The van der Waals surface area contributed by atoms with Crippen molar-refractivity contribution >= 4 is 48.9 Å². The van der Waals surface area contributed by atoms with Crippen molar-refractivity contribution in [2.24, 2.45) is 0 Å². The fourth-order valence-corrected chi connectivity index (χ4v) is 5.79. The molecule has 4 aromatic rings. The second kappa shape index (κ2) is 7.23. The van der Waals surface area contributed by atoms with Gasteiger partial charge in [-0.2, -0.15) is 4.37 Å². The van der Waals surface area contributed by atoms with Crippen LogP contribution in [0.2, 0.25) is 0 Å². The molecular weight excluding hydrogens is 418 g/mol. The first-order chi connectivity index (χ1) is 14.5. The number of sulfonamides is 1. The van der Waals surface area contributed by atoms with E-state index in [2.05, 4.69) is 9.69 Å². The van der Waals surface area contributed by atoms with Crippen molar-refractivity contribution < 1.29 is 13.2 Å². The van der Waals surface area contributed by atoms with Gasteiger partial charge in [0.15, 0.2) is 0 Å². The van der Waals surface area contributed by atoms with Gasteiger partial charge in [0.1, 0.15) is 0 Å². The second-order valence-electron chi connectivity index (χ2n) is 7.02. The maximum atomic E-state index is 13.0. The van der Waals surface area contributed by atoms with Crippen molar-refractivity contribution in [1.29, 1.82) is 0 Å². The minimum atomic E-state index is -3.62. The van der Waals surface area contributed by atoms with Crippen LogP contribution in [0.4, 0.5) is 11.4 Å². The van der Waals surface area contributed by atoms with Crippen LogP contribution in [0.5, 0.6) is 0 Å². The van der Waals surface area contributed by atoms with Gasteiger partial charge in [0.25, 0.3) is 15.9 Å². The van der Waals surface area contributed by atoms with E-state index >= 15 is 0 Å². The number of anilines is 2. The first kappa shape index (κ1) is 18.8. The van der Waals surface area contributed by atoms with Crippen LogP contribution >= 0.6 is 11.5 Å². The summed E-state index contributed by atoms with van der Waals surface area (Å²) >= 11 is 1.41. The lowest BCUT2D eigenvalue weighted by molar-refractivity contribution is 0.102. The second-order valence-corrected chi connectivity index (χ2v) is 9.71. The summed E-state index contributed by atoms with van der Waals surface area (Å²) in [6.07, 6.45) is 2.34. The Bertz CT molecular complexity index is 1360. The van der Waals surface area contributed by atoms with Crippen LogP contribution in [0, 0.1) is 0 Å². The molecular formula is C22H17N3O3S2. The Hall–Kier alpha value is -3.23. The molecule has 0 atom stereocenters. The molecule has 0 radical (unpaired) electrons. The van der Waals surface area contributed by atoms with E-state index in [0.29, 0.717) is 29.9 Å². The number of nitrogens with zero attached hydrogens (tertiary/aromatic N) is 2. The van der Waals surface area contributed by atoms with Crippen LogP contribution < -0.4 is 9.62 Å². The summed E-state index contributed by atoms with van der Waals surface area (Å²) in [7, 11) is -3.62. The highest BCUT2D eigenvalue weighted by Crippen LogP contribution is 2.33. The third kappa shape index (κ3) is 3.24. The molecule has 3 aromatic carbocycles. The zero-order valence-electron chi connectivity index (χ0n) is 15.8. The lowest BCUT2D eigenvalue weighted by Crippen LogP contribution is -2.29. The third-order valence-corrected chi connectivity index (χ3v) is 7.74. The Morgan fingerprint density at radius 2 is 1.87 bits per heavy atom. The number of hydrogen-bond donors (Lipinski definition) is 1. The predicted octanol–water partition coefficient (Wildman–Crippen LogP) is 4.30. The van der Waals surface area contributed by atoms with Crippen molar-refractivity contribution in [3.05, 3.63) is 84.1 Å². The van der Waals surface area contributed by atoms with Gasteiger partial charge in [-0.05, 0) is 72.0 Å². The number of aromatic nitrogens is 1. The van der Waals surface area contributed by atoms with E-state index in [4.69, 9.17) is 0 Å². The molecule has 6 nitrogen and oxygen atoms in total. The first-order valence-corrected chi connectivity index (χ1v) is 11.6. The zero-order chi connectivity index (χ0) is 20.7. The van der Waals surface area contributed by atoms with Crippen LogP contribution in [-0.2, 0) is 16.4 Å². The molecule has 8 heteroatoms. The maximum absolute atomic E-state index is 13.0. The highest BCUT2D eigenvalue weighted by molar-refractivity contribution is 7.92. The predicted molar refractivity (Wildman–Crippen MR) is 119 cm³/mol. The fourth-order valence-electron chi connectivity index (χ4n) is 3.64. The number of nitrogens with one attached hydrogen (secondary N) is 1. The monoisotopic (exact) mass is 435 g/mol. The maximum Gasteiger partial charge on any atom is 0.264 e. The van der Waals surface area contributed by atoms with E-state index < -0.39 is 10.0 Å². The standard InChI is InChI=1S/C22H17N3O3S2/c26-22(24-18-7-9-21-17(13-18)14-23-29-21)16-6-8-20-15(12-16)10-11-25(20)30(27,28)19-4-2-1-3-5-19/h1-9,12-14H,10-11H2,(H,24,26). The number of carbonyl (C=O) groups excluding carboxylic acids is 1. The lowest BCUT2D eigenvalue weighted by atomic mass is 10.1. The summed E-state index contributed by atoms with van der Waals surface area (Å²) in [5.41, 5.74) is 2.67. The quantitative estimate of drug-likeness (QED) is 0.518. The van der Waals surface area contributed by atoms with Gasteiger partial charge in [-0.1, -0.05) is 18.2 Å². The van der Waals surface area contributed by atoms with E-state index in [1.807, 2.05) is 18.2 Å². The van der Waals surface area contributed by atoms with Crippen molar-refractivity contribution in [1.82, 2.24) is 4.37 Å². The van der Waals surface area contributed by atoms with Crippen LogP contribution in [0.3, 0.4) is 0 Å². The third-order valence-electron chi connectivity index (χ3n) is 5.14. The molecule has 0 bridgehead atoms. The number of hydrogen-bond acceptors (Lipinski definition) is 5. The summed E-state index contributed by atoms with van der Waals surface area (Å²) < 4.78 is 32.6. The Morgan fingerprint density at radius 1 is 1.03 bits per heavy atom. The van der Waals surface area contributed by atoms with Crippen molar-refractivity contribution in [3.63, 3.8) is 0 Å². The minimum Gasteiger partial charge on any atom is -0.322 e. The molecule has 0 fully saturated rings. The molecule has 1 aliphatic heterocycles. The molecule has 1 N–H and O–H groups in total. The molecule has 30 heavy (non-hydrogen) atoms. The molecule has 1 amide bonds. The molecule has 1 aromatic heterocycles. The number of fused-ring (bicyclic) bond motifs is 2. The summed E-state index contributed by atoms with van der Waals surface area (Å²) in [5, 5.41) is 3.88. The molecule has 0 aliphatic carbocycles. The Morgan fingerprint density at radius 3 is 2.70 bits per heavy atom. The van der Waals surface area contributed by atoms with Crippen LogP contribution in [0.15, 0.2) is 77.8 Å². The first-order valence-electron chi connectivity index (χ1n) is 9.39. The number of amides is 1. The van der Waals surface area contributed by atoms with Gasteiger partial charge >= 0.3 is 0 Å². The van der Waals surface area contributed by atoms with Gasteiger partial charge in [0, 0.05) is 29.4 Å². The zero-order valence-corrected chi connectivity index (χ0v) is 17.4. The van der Waals surface area contributed by atoms with Crippen molar-refractivity contribution in [2.75, 3.05) is 16.2 Å².